The van der Waals surface area contributed by atoms with Crippen LogP contribution in [0.25, 0.3) is 10.9 Å². The smallest absolute Gasteiger partial charge is 0.152 e. The molecule has 1 N–H and O–H groups in total. The lowest BCUT2D eigenvalue weighted by Gasteiger charge is -1.98. The van der Waals surface area contributed by atoms with Gasteiger partial charge >= 0.3 is 0 Å². The number of aromatic amines is 1. The second kappa shape index (κ2) is 5.67. The number of carbonyl (C=O) groups excluding carboxylic acids is 1. The van der Waals surface area contributed by atoms with Crippen LogP contribution in [0.4, 0.5) is 0 Å². The number of fused-ring (bicyclic) bond motifs is 1. The van der Waals surface area contributed by atoms with Gasteiger partial charge in [-0.2, -0.15) is 0 Å². The molecule has 0 unspecified atom stereocenters. The molecule has 0 aliphatic carbocycles. The predicted molar refractivity (Wildman–Crippen MR) is 75.8 cm³/mol. The van der Waals surface area contributed by atoms with Crippen LogP contribution in [0.3, 0.4) is 0 Å². The number of unbranched alkanes of at least 4 members (excludes halogenated alkanes) is 1. The normalized spacial score (nSPS) is 11.4. The van der Waals surface area contributed by atoms with Gasteiger partial charge in [0.1, 0.15) is 0 Å². The van der Waals surface area contributed by atoms with Crippen LogP contribution in [0.15, 0.2) is 36.4 Å². The third-order valence-electron chi connectivity index (χ3n) is 3.22. The van der Waals surface area contributed by atoms with Crippen molar-refractivity contribution in [3.8, 4) is 0 Å². The van der Waals surface area contributed by atoms with E-state index in [2.05, 4.69) is 36.2 Å². The van der Waals surface area contributed by atoms with Gasteiger partial charge in [0.2, 0.25) is 0 Å². The summed E-state index contributed by atoms with van der Waals surface area (Å²) >= 11 is 0. The number of rotatable bonds is 5. The van der Waals surface area contributed by atoms with E-state index in [-0.39, 0.29) is 5.78 Å². The van der Waals surface area contributed by atoms with E-state index in [4.69, 9.17) is 0 Å². The third kappa shape index (κ3) is 2.89. The van der Waals surface area contributed by atoms with Crippen LogP contribution >= 0.6 is 0 Å². The second-order valence-electron chi connectivity index (χ2n) is 4.68. The molecule has 18 heavy (non-hydrogen) atoms. The highest BCUT2D eigenvalue weighted by Gasteiger charge is 2.05. The molecular formula is C16H19NO. The molecule has 0 saturated carbocycles. The molecule has 1 heterocycles. The lowest BCUT2D eigenvalue weighted by molar-refractivity contribution is -0.112. The van der Waals surface area contributed by atoms with Gasteiger partial charge in [-0.05, 0) is 50.8 Å². The van der Waals surface area contributed by atoms with Crippen LogP contribution in [-0.2, 0) is 11.2 Å². The van der Waals surface area contributed by atoms with Crippen molar-refractivity contribution in [2.75, 3.05) is 0 Å². The summed E-state index contributed by atoms with van der Waals surface area (Å²) in [5.41, 5.74) is 3.87. The molecule has 2 aromatic rings. The molecule has 2 heteroatoms. The van der Waals surface area contributed by atoms with Crippen LogP contribution in [0.2, 0.25) is 0 Å². The standard InChI is InChI=1S/C16H19NO/c1-12(18)8-4-3-5-10-15-13(2)14-9-6-7-11-16(14)17-15/h4,6-9,11,17H,3,5,10H2,1-2H3/b8-4+. The van der Waals surface area contributed by atoms with Crippen molar-refractivity contribution in [1.82, 2.24) is 4.98 Å². The number of H-pyrrole nitrogens is 1. The van der Waals surface area contributed by atoms with Gasteiger partial charge in [-0.3, -0.25) is 4.79 Å². The van der Waals surface area contributed by atoms with Crippen LogP contribution in [-0.4, -0.2) is 10.8 Å². The first-order valence-corrected chi connectivity index (χ1v) is 6.42. The maximum absolute atomic E-state index is 10.8. The average molecular weight is 241 g/mol. The first-order valence-electron chi connectivity index (χ1n) is 6.42. The molecule has 2 rings (SSSR count). The van der Waals surface area contributed by atoms with Gasteiger partial charge in [-0.15, -0.1) is 0 Å². The summed E-state index contributed by atoms with van der Waals surface area (Å²) in [6.45, 7) is 3.75. The highest BCUT2D eigenvalue weighted by Crippen LogP contribution is 2.22. The summed E-state index contributed by atoms with van der Waals surface area (Å²) in [6, 6.07) is 8.39. The zero-order chi connectivity index (χ0) is 13.0. The molecule has 0 spiro atoms. The second-order valence-corrected chi connectivity index (χ2v) is 4.68. The Balaban J connectivity index is 2.00. The van der Waals surface area contributed by atoms with Crippen molar-refractivity contribution in [2.24, 2.45) is 0 Å². The Morgan fingerprint density at radius 2 is 2.11 bits per heavy atom. The topological polar surface area (TPSA) is 32.9 Å². The summed E-state index contributed by atoms with van der Waals surface area (Å²) in [5, 5.41) is 1.31. The van der Waals surface area contributed by atoms with Gasteiger partial charge in [0.05, 0.1) is 0 Å². The van der Waals surface area contributed by atoms with E-state index < -0.39 is 0 Å². The molecule has 0 atom stereocenters. The lowest BCUT2D eigenvalue weighted by atomic mass is 10.1. The maximum atomic E-state index is 10.8. The number of ketones is 1. The lowest BCUT2D eigenvalue weighted by Crippen LogP contribution is -1.88. The number of allylic oxidation sites excluding steroid dienone is 2. The van der Waals surface area contributed by atoms with Gasteiger partial charge in [0.25, 0.3) is 0 Å². The largest absolute Gasteiger partial charge is 0.358 e. The number of hydrogen-bond acceptors (Lipinski definition) is 1. The molecule has 1 aromatic carbocycles. The van der Waals surface area contributed by atoms with Crippen LogP contribution in [0.5, 0.6) is 0 Å². The first kappa shape index (κ1) is 12.6. The Bertz CT molecular complexity index is 578. The predicted octanol–water partition coefficient (Wildman–Crippen LogP) is 3.94. The molecule has 0 aliphatic rings. The SMILES string of the molecule is CC(=O)/C=C/CCCc1[nH]c2ccccc2c1C. The van der Waals surface area contributed by atoms with E-state index >= 15 is 0 Å². The van der Waals surface area contributed by atoms with E-state index in [0.29, 0.717) is 0 Å². The summed E-state index contributed by atoms with van der Waals surface area (Å²) in [6.07, 6.45) is 6.66. The number of carbonyl (C=O) groups is 1. The molecule has 1 aromatic heterocycles. The molecule has 0 amide bonds. The van der Waals surface area contributed by atoms with E-state index in [1.807, 2.05) is 6.08 Å². The summed E-state index contributed by atoms with van der Waals surface area (Å²) in [7, 11) is 0. The van der Waals surface area contributed by atoms with E-state index in [9.17, 15) is 4.79 Å². The summed E-state index contributed by atoms with van der Waals surface area (Å²) in [4.78, 5) is 14.2. The quantitative estimate of drug-likeness (QED) is 0.624. The third-order valence-corrected chi connectivity index (χ3v) is 3.22. The Labute approximate surface area is 108 Å². The van der Waals surface area contributed by atoms with Crippen LogP contribution < -0.4 is 0 Å². The van der Waals surface area contributed by atoms with E-state index in [0.717, 1.165) is 19.3 Å². The number of hydrogen-bond donors (Lipinski definition) is 1. The molecule has 0 aliphatic heterocycles. The summed E-state index contributed by atoms with van der Waals surface area (Å²) < 4.78 is 0. The zero-order valence-electron chi connectivity index (χ0n) is 11.0. The number of benzene rings is 1. The molecule has 0 saturated heterocycles. The van der Waals surface area contributed by atoms with Crippen molar-refractivity contribution in [2.45, 2.75) is 33.1 Å². The number of para-hydroxylation sites is 1. The highest BCUT2D eigenvalue weighted by atomic mass is 16.1. The number of nitrogens with one attached hydrogen (secondary N) is 1. The van der Waals surface area contributed by atoms with Gasteiger partial charge in [-0.25, -0.2) is 0 Å². The van der Waals surface area contributed by atoms with Crippen molar-refractivity contribution in [3.05, 3.63) is 47.7 Å². The monoisotopic (exact) mass is 241 g/mol. The van der Waals surface area contributed by atoms with Gasteiger partial charge in [0, 0.05) is 16.6 Å². The molecule has 0 bridgehead atoms. The number of aryl methyl sites for hydroxylation is 2. The summed E-state index contributed by atoms with van der Waals surface area (Å²) in [5.74, 6) is 0.122. The molecule has 0 fully saturated rings. The zero-order valence-corrected chi connectivity index (χ0v) is 11.0. The minimum atomic E-state index is 0.122. The van der Waals surface area contributed by atoms with Gasteiger partial charge in [-0.1, -0.05) is 24.3 Å². The Morgan fingerprint density at radius 1 is 1.33 bits per heavy atom. The van der Waals surface area contributed by atoms with Crippen molar-refractivity contribution >= 4 is 16.7 Å². The van der Waals surface area contributed by atoms with E-state index in [1.165, 1.54) is 22.2 Å². The molecule has 94 valence electrons. The molecule has 2 nitrogen and oxygen atoms in total. The molecule has 0 radical (unpaired) electrons. The minimum absolute atomic E-state index is 0.122. The Morgan fingerprint density at radius 3 is 2.83 bits per heavy atom. The van der Waals surface area contributed by atoms with Crippen LogP contribution in [0.1, 0.15) is 31.0 Å². The van der Waals surface area contributed by atoms with Crippen molar-refractivity contribution in [1.29, 1.82) is 0 Å². The maximum Gasteiger partial charge on any atom is 0.152 e. The van der Waals surface area contributed by atoms with E-state index in [1.54, 1.807) is 13.0 Å². The Kier molecular flexibility index (Phi) is 3.98. The van der Waals surface area contributed by atoms with Crippen molar-refractivity contribution < 1.29 is 4.79 Å². The average Bonchev–Trinajstić information content (AvgIpc) is 2.66. The fraction of sp³-hybridized carbons (Fsp3) is 0.312. The first-order chi connectivity index (χ1) is 8.68. The highest BCUT2D eigenvalue weighted by molar-refractivity contribution is 5.87. The molecular weight excluding hydrogens is 222 g/mol. The fourth-order valence-electron chi connectivity index (χ4n) is 2.23. The van der Waals surface area contributed by atoms with Crippen molar-refractivity contribution in [3.63, 3.8) is 0 Å². The minimum Gasteiger partial charge on any atom is -0.358 e. The number of aromatic nitrogens is 1. The van der Waals surface area contributed by atoms with Gasteiger partial charge < -0.3 is 4.98 Å². The Hall–Kier alpha value is -1.83. The van der Waals surface area contributed by atoms with Crippen LogP contribution in [0, 0.1) is 6.92 Å². The van der Waals surface area contributed by atoms with Gasteiger partial charge in [0.15, 0.2) is 5.78 Å². The fourth-order valence-corrected chi connectivity index (χ4v) is 2.23.